The van der Waals surface area contributed by atoms with Crippen LogP contribution in [0.1, 0.15) is 76.8 Å². The van der Waals surface area contributed by atoms with Crippen LogP contribution in [-0.4, -0.2) is 57.2 Å². The summed E-state index contributed by atoms with van der Waals surface area (Å²) < 4.78 is 5.32. The Morgan fingerprint density at radius 2 is 1.82 bits per heavy atom. The molecule has 5 N–H and O–H groups in total. The van der Waals surface area contributed by atoms with E-state index in [9.17, 15) is 19.5 Å². The standard InChI is InChI=1S/C28H41N5O5/c1-28(2,3)38-27(37)33-22(17-20-12-8-5-9-13-20)26(36)31-18-23(34)32-21(16-19-10-6-4-7-11-19)24(35)25-29-14-15-30-25/h5,8-9,12-15,19,21-22,24,35H,4,6-7,10-11,16-18H2,1-3H3,(H,29,30)(H,31,36)(H,32,34)(H,33,37)/t21-,22-,24+/m0/s1. The van der Waals surface area contributed by atoms with Gasteiger partial charge in [-0.1, -0.05) is 62.4 Å². The number of benzene rings is 1. The highest BCUT2D eigenvalue weighted by molar-refractivity contribution is 5.89. The van der Waals surface area contributed by atoms with Crippen LogP contribution in [0.3, 0.4) is 0 Å². The van der Waals surface area contributed by atoms with Gasteiger partial charge in [-0.15, -0.1) is 0 Å². The Morgan fingerprint density at radius 1 is 1.11 bits per heavy atom. The highest BCUT2D eigenvalue weighted by atomic mass is 16.6. The highest BCUT2D eigenvalue weighted by Crippen LogP contribution is 2.30. The number of imidazole rings is 1. The number of aliphatic hydroxyl groups excluding tert-OH is 1. The molecule has 1 heterocycles. The SMILES string of the molecule is CC(C)(C)OC(=O)N[C@@H](Cc1ccccc1)C(=O)NCC(=O)N[C@@H](CC1CCCCC1)[C@@H](O)c1ncc[nH]1. The summed E-state index contributed by atoms with van der Waals surface area (Å²) in [5.74, 6) is -0.146. The van der Waals surface area contributed by atoms with Crippen molar-refractivity contribution in [2.75, 3.05) is 6.54 Å². The van der Waals surface area contributed by atoms with E-state index < -0.39 is 41.7 Å². The number of nitrogens with zero attached hydrogens (tertiary/aromatic N) is 1. The number of ether oxygens (including phenoxy) is 1. The van der Waals surface area contributed by atoms with Gasteiger partial charge in [-0.2, -0.15) is 0 Å². The van der Waals surface area contributed by atoms with Gasteiger partial charge < -0.3 is 30.8 Å². The van der Waals surface area contributed by atoms with Crippen LogP contribution in [0.2, 0.25) is 0 Å². The van der Waals surface area contributed by atoms with Gasteiger partial charge in [0.05, 0.1) is 12.6 Å². The minimum atomic E-state index is -0.994. The molecule has 0 bridgehead atoms. The molecule has 10 heteroatoms. The van der Waals surface area contributed by atoms with Crippen molar-refractivity contribution in [3.8, 4) is 0 Å². The Hall–Kier alpha value is -3.40. The number of alkyl carbamates (subject to hydrolysis) is 1. The lowest BCUT2D eigenvalue weighted by molar-refractivity contribution is -0.128. The van der Waals surface area contributed by atoms with Crippen molar-refractivity contribution in [3.05, 3.63) is 54.1 Å². The van der Waals surface area contributed by atoms with E-state index >= 15 is 0 Å². The van der Waals surface area contributed by atoms with Crippen molar-refractivity contribution in [1.29, 1.82) is 0 Å². The second-order valence-electron chi connectivity index (χ2n) is 10.9. The lowest BCUT2D eigenvalue weighted by atomic mass is 9.83. The van der Waals surface area contributed by atoms with E-state index in [4.69, 9.17) is 4.74 Å². The number of H-pyrrole nitrogens is 1. The molecule has 1 fully saturated rings. The maximum absolute atomic E-state index is 13.1. The molecule has 38 heavy (non-hydrogen) atoms. The first-order valence-electron chi connectivity index (χ1n) is 13.4. The van der Waals surface area contributed by atoms with Crippen LogP contribution in [0, 0.1) is 5.92 Å². The van der Waals surface area contributed by atoms with Crippen molar-refractivity contribution in [3.63, 3.8) is 0 Å². The van der Waals surface area contributed by atoms with Gasteiger partial charge in [0.15, 0.2) is 0 Å². The van der Waals surface area contributed by atoms with Gasteiger partial charge in [-0.25, -0.2) is 9.78 Å². The first-order chi connectivity index (χ1) is 18.1. The number of rotatable bonds is 11. The van der Waals surface area contributed by atoms with Crippen LogP contribution in [0.25, 0.3) is 0 Å². The average molecular weight is 528 g/mol. The lowest BCUT2D eigenvalue weighted by Gasteiger charge is -2.29. The topological polar surface area (TPSA) is 145 Å². The number of hydrogen-bond donors (Lipinski definition) is 5. The first-order valence-corrected chi connectivity index (χ1v) is 13.4. The lowest BCUT2D eigenvalue weighted by Crippen LogP contribution is -2.52. The average Bonchev–Trinajstić information content (AvgIpc) is 3.41. The molecule has 2 aromatic rings. The molecular formula is C28H41N5O5. The molecule has 3 amide bonds. The van der Waals surface area contributed by atoms with Crippen molar-refractivity contribution >= 4 is 17.9 Å². The van der Waals surface area contributed by atoms with Crippen molar-refractivity contribution in [1.82, 2.24) is 25.9 Å². The summed E-state index contributed by atoms with van der Waals surface area (Å²) in [4.78, 5) is 45.4. The van der Waals surface area contributed by atoms with Gasteiger partial charge in [-0.05, 0) is 38.7 Å². The van der Waals surface area contributed by atoms with Crippen LogP contribution in [0.4, 0.5) is 4.79 Å². The molecule has 1 saturated carbocycles. The summed E-state index contributed by atoms with van der Waals surface area (Å²) in [6, 6.07) is 7.79. The Morgan fingerprint density at radius 3 is 2.45 bits per heavy atom. The Kier molecular flexibility index (Phi) is 10.7. The van der Waals surface area contributed by atoms with Crippen molar-refractivity contribution in [2.24, 2.45) is 5.92 Å². The zero-order chi connectivity index (χ0) is 27.5. The maximum Gasteiger partial charge on any atom is 0.408 e. The minimum Gasteiger partial charge on any atom is -0.444 e. The molecule has 1 aromatic carbocycles. The number of hydrogen-bond acceptors (Lipinski definition) is 6. The molecule has 10 nitrogen and oxygen atoms in total. The molecular weight excluding hydrogens is 486 g/mol. The number of amides is 3. The largest absolute Gasteiger partial charge is 0.444 e. The van der Waals surface area contributed by atoms with Crippen LogP contribution in [-0.2, 0) is 20.7 Å². The molecule has 3 rings (SSSR count). The molecule has 0 unspecified atom stereocenters. The van der Waals surface area contributed by atoms with Gasteiger partial charge in [0.1, 0.15) is 23.6 Å². The second-order valence-corrected chi connectivity index (χ2v) is 10.9. The summed E-state index contributed by atoms with van der Waals surface area (Å²) in [6.45, 7) is 4.92. The fourth-order valence-electron chi connectivity index (χ4n) is 4.74. The van der Waals surface area contributed by atoms with Gasteiger partial charge in [0.2, 0.25) is 11.8 Å². The summed E-state index contributed by atoms with van der Waals surface area (Å²) in [5, 5.41) is 19.1. The zero-order valence-corrected chi connectivity index (χ0v) is 22.5. The molecule has 208 valence electrons. The van der Waals surface area contributed by atoms with Gasteiger partial charge in [0, 0.05) is 18.8 Å². The van der Waals surface area contributed by atoms with E-state index in [1.54, 1.807) is 33.2 Å². The predicted molar refractivity (Wildman–Crippen MR) is 143 cm³/mol. The summed E-state index contributed by atoms with van der Waals surface area (Å²) in [7, 11) is 0. The van der Waals surface area contributed by atoms with E-state index in [2.05, 4.69) is 25.9 Å². The van der Waals surface area contributed by atoms with Crippen LogP contribution in [0.15, 0.2) is 42.7 Å². The van der Waals surface area contributed by atoms with E-state index in [1.165, 1.54) is 6.42 Å². The molecule has 1 aliphatic rings. The molecule has 0 saturated heterocycles. The Balaban J connectivity index is 1.61. The quantitative estimate of drug-likeness (QED) is 0.304. The molecule has 1 aliphatic carbocycles. The smallest absolute Gasteiger partial charge is 0.408 e. The molecule has 1 aromatic heterocycles. The minimum absolute atomic E-state index is 0.231. The Bertz CT molecular complexity index is 1020. The second kappa shape index (κ2) is 13.9. The number of nitrogens with one attached hydrogen (secondary N) is 4. The third kappa shape index (κ3) is 9.81. The molecule has 0 radical (unpaired) electrons. The van der Waals surface area contributed by atoms with Gasteiger partial charge >= 0.3 is 6.09 Å². The van der Waals surface area contributed by atoms with Crippen LogP contribution in [0.5, 0.6) is 0 Å². The number of aliphatic hydroxyl groups is 1. The van der Waals surface area contributed by atoms with E-state index in [0.29, 0.717) is 18.2 Å². The number of aromatic nitrogens is 2. The summed E-state index contributed by atoms with van der Waals surface area (Å²) in [6.07, 6.45) is 7.95. The third-order valence-electron chi connectivity index (χ3n) is 6.55. The monoisotopic (exact) mass is 527 g/mol. The van der Waals surface area contributed by atoms with Crippen molar-refractivity contribution < 1.29 is 24.2 Å². The number of carbonyl (C=O) groups excluding carboxylic acids is 3. The molecule has 0 spiro atoms. The van der Waals surface area contributed by atoms with Gasteiger partial charge in [-0.3, -0.25) is 9.59 Å². The zero-order valence-electron chi connectivity index (χ0n) is 22.5. The van der Waals surface area contributed by atoms with Crippen LogP contribution >= 0.6 is 0 Å². The highest BCUT2D eigenvalue weighted by Gasteiger charge is 2.29. The molecule has 3 atom stereocenters. The molecule has 0 aliphatic heterocycles. The van der Waals surface area contributed by atoms with Gasteiger partial charge in [0.25, 0.3) is 0 Å². The summed E-state index contributed by atoms with van der Waals surface area (Å²) in [5.41, 5.74) is 0.127. The maximum atomic E-state index is 13.1. The first kappa shape index (κ1) is 29.2. The Labute approximate surface area is 224 Å². The van der Waals surface area contributed by atoms with Crippen molar-refractivity contribution in [2.45, 2.75) is 89.5 Å². The van der Waals surface area contributed by atoms with E-state index in [0.717, 1.165) is 31.2 Å². The van der Waals surface area contributed by atoms with Crippen LogP contribution < -0.4 is 16.0 Å². The van der Waals surface area contributed by atoms with E-state index in [-0.39, 0.29) is 13.0 Å². The van der Waals surface area contributed by atoms with E-state index in [1.807, 2.05) is 30.3 Å². The predicted octanol–water partition coefficient (Wildman–Crippen LogP) is 3.15. The normalized spacial score (nSPS) is 16.6. The fourth-order valence-corrected chi connectivity index (χ4v) is 4.74. The fraction of sp³-hybridized carbons (Fsp3) is 0.571. The number of carbonyl (C=O) groups is 3. The third-order valence-corrected chi connectivity index (χ3v) is 6.55. The number of aromatic amines is 1. The summed E-state index contributed by atoms with van der Waals surface area (Å²) >= 11 is 0.